The van der Waals surface area contributed by atoms with Crippen molar-refractivity contribution in [3.05, 3.63) is 35.9 Å². The van der Waals surface area contributed by atoms with Crippen molar-refractivity contribution in [1.82, 2.24) is 0 Å². The van der Waals surface area contributed by atoms with Gasteiger partial charge in [-0.3, -0.25) is 0 Å². The fraction of sp³-hybridized carbons (Fsp3) is 0.538. The molecule has 0 spiro atoms. The van der Waals surface area contributed by atoms with Gasteiger partial charge in [-0.05, 0) is 31.2 Å². The zero-order valence-corrected chi connectivity index (χ0v) is 13.0. The third kappa shape index (κ3) is 1.81. The summed E-state index contributed by atoms with van der Waals surface area (Å²) in [5.41, 5.74) is 2.75. The van der Waals surface area contributed by atoms with Crippen LogP contribution in [0.5, 0.6) is 0 Å². The molecular weight excluding hydrogens is 228 g/mol. The van der Waals surface area contributed by atoms with Gasteiger partial charge in [-0.1, -0.05) is 43.4 Å². The van der Waals surface area contributed by atoms with Crippen LogP contribution < -0.4 is 0 Å². The van der Waals surface area contributed by atoms with Gasteiger partial charge in [-0.15, -0.1) is 0 Å². The number of rotatable bonds is 1. The molecular formula is C13H22OSi2. The Morgan fingerprint density at radius 1 is 1.06 bits per heavy atom. The molecule has 88 valence electrons. The average Bonchev–Trinajstić information content (AvgIpc) is 2.33. The third-order valence-corrected chi connectivity index (χ3v) is 15.0. The van der Waals surface area contributed by atoms with Crippen LogP contribution in [0, 0.1) is 0 Å². The maximum Gasteiger partial charge on any atom is 0.185 e. The van der Waals surface area contributed by atoms with E-state index in [1.54, 1.807) is 0 Å². The van der Waals surface area contributed by atoms with E-state index in [-0.39, 0.29) is 5.22 Å². The molecule has 1 fully saturated rings. The number of benzene rings is 1. The van der Waals surface area contributed by atoms with E-state index in [1.807, 2.05) is 0 Å². The van der Waals surface area contributed by atoms with Crippen molar-refractivity contribution < 1.29 is 4.43 Å². The molecule has 1 heterocycles. The minimum Gasteiger partial charge on any atom is -0.411 e. The molecule has 1 aromatic carbocycles. The maximum absolute atomic E-state index is 6.54. The highest BCUT2D eigenvalue weighted by molar-refractivity contribution is 6.97. The second kappa shape index (κ2) is 3.55. The molecule has 1 unspecified atom stereocenters. The minimum absolute atomic E-state index is 0.0178. The molecule has 1 atom stereocenters. The Bertz CT molecular complexity index is 386. The smallest absolute Gasteiger partial charge is 0.185 e. The van der Waals surface area contributed by atoms with Crippen molar-refractivity contribution in [2.24, 2.45) is 0 Å². The second-order valence-corrected chi connectivity index (χ2v) is 16.2. The molecule has 3 heteroatoms. The van der Waals surface area contributed by atoms with Gasteiger partial charge in [0.05, 0.1) is 13.3 Å². The van der Waals surface area contributed by atoms with E-state index in [0.717, 1.165) is 0 Å². The van der Waals surface area contributed by atoms with E-state index < -0.39 is 16.4 Å². The molecule has 1 aliphatic heterocycles. The maximum atomic E-state index is 6.54. The number of hydrogen-bond acceptors (Lipinski definition) is 1. The van der Waals surface area contributed by atoms with Crippen LogP contribution in [-0.2, 0) is 9.65 Å². The SMILES string of the molecule is CC1(c2ccccc2)O[Si](C)(C)C[Si]1(C)C. The first-order valence-corrected chi connectivity index (χ1v) is 12.3. The summed E-state index contributed by atoms with van der Waals surface area (Å²) in [6.07, 6.45) is 0. The lowest BCUT2D eigenvalue weighted by molar-refractivity contribution is 0.172. The monoisotopic (exact) mass is 250 g/mol. The Balaban J connectivity index is 2.46. The zero-order chi connectivity index (χ0) is 12.0. The minimum atomic E-state index is -1.43. The van der Waals surface area contributed by atoms with Crippen molar-refractivity contribution >= 4 is 16.4 Å². The molecule has 0 amide bonds. The molecule has 16 heavy (non-hydrogen) atoms. The first-order chi connectivity index (χ1) is 7.27. The Labute approximate surface area is 101 Å². The summed E-state index contributed by atoms with van der Waals surface area (Å²) in [7, 11) is -2.76. The first kappa shape index (κ1) is 12.1. The van der Waals surface area contributed by atoms with Gasteiger partial charge in [0.25, 0.3) is 0 Å². The molecule has 0 aromatic heterocycles. The Morgan fingerprint density at radius 3 is 2.06 bits per heavy atom. The zero-order valence-electron chi connectivity index (χ0n) is 11.0. The van der Waals surface area contributed by atoms with Gasteiger partial charge in [0, 0.05) is 0 Å². The predicted octanol–water partition coefficient (Wildman–Crippen LogP) is 3.92. The molecule has 1 aromatic rings. The van der Waals surface area contributed by atoms with Crippen LogP contribution in [0.15, 0.2) is 30.3 Å². The van der Waals surface area contributed by atoms with Gasteiger partial charge in [0.2, 0.25) is 0 Å². The van der Waals surface area contributed by atoms with Gasteiger partial charge >= 0.3 is 0 Å². The fourth-order valence-electron chi connectivity index (χ4n) is 3.17. The summed E-state index contributed by atoms with van der Waals surface area (Å²) >= 11 is 0. The third-order valence-electron chi connectivity index (χ3n) is 3.96. The number of hydrogen-bond donors (Lipinski definition) is 0. The topological polar surface area (TPSA) is 9.23 Å². The summed E-state index contributed by atoms with van der Waals surface area (Å²) in [6.45, 7) is 12.0. The fourth-order valence-corrected chi connectivity index (χ4v) is 17.4. The van der Waals surface area contributed by atoms with E-state index in [1.165, 1.54) is 11.2 Å². The van der Waals surface area contributed by atoms with Crippen molar-refractivity contribution in [1.29, 1.82) is 0 Å². The molecule has 0 saturated carbocycles. The van der Waals surface area contributed by atoms with E-state index in [9.17, 15) is 0 Å². The van der Waals surface area contributed by atoms with Crippen molar-refractivity contribution in [3.8, 4) is 0 Å². The van der Waals surface area contributed by atoms with Crippen molar-refractivity contribution in [3.63, 3.8) is 0 Å². The first-order valence-electron chi connectivity index (χ1n) is 6.03. The van der Waals surface area contributed by atoms with Crippen LogP contribution in [0.2, 0.25) is 31.9 Å². The van der Waals surface area contributed by atoms with Gasteiger partial charge in [0.1, 0.15) is 0 Å². The summed E-state index contributed by atoms with van der Waals surface area (Å²) < 4.78 is 6.54. The summed E-state index contributed by atoms with van der Waals surface area (Å²) in [5.74, 6) is 0. The summed E-state index contributed by atoms with van der Waals surface area (Å²) in [6, 6.07) is 10.8. The molecule has 0 bridgehead atoms. The lowest BCUT2D eigenvalue weighted by Gasteiger charge is -2.37. The van der Waals surface area contributed by atoms with E-state index >= 15 is 0 Å². The molecule has 1 saturated heterocycles. The highest BCUT2D eigenvalue weighted by Crippen LogP contribution is 2.48. The summed E-state index contributed by atoms with van der Waals surface area (Å²) in [5, 5.41) is 0.0178. The Hall–Kier alpha value is -0.386. The van der Waals surface area contributed by atoms with E-state index in [0.29, 0.717) is 0 Å². The van der Waals surface area contributed by atoms with Gasteiger partial charge in [-0.25, -0.2) is 0 Å². The molecule has 0 aliphatic carbocycles. The highest BCUT2D eigenvalue weighted by atomic mass is 28.4. The van der Waals surface area contributed by atoms with E-state index in [2.05, 4.69) is 63.4 Å². The highest BCUT2D eigenvalue weighted by Gasteiger charge is 2.57. The van der Waals surface area contributed by atoms with Crippen LogP contribution in [0.3, 0.4) is 0 Å². The molecule has 2 rings (SSSR count). The molecule has 1 aliphatic rings. The van der Waals surface area contributed by atoms with Gasteiger partial charge in [0.15, 0.2) is 8.32 Å². The van der Waals surface area contributed by atoms with E-state index in [4.69, 9.17) is 4.43 Å². The lowest BCUT2D eigenvalue weighted by atomic mass is 10.1. The normalized spacial score (nSPS) is 31.6. The van der Waals surface area contributed by atoms with Crippen LogP contribution in [0.25, 0.3) is 0 Å². The van der Waals surface area contributed by atoms with Gasteiger partial charge in [-0.2, -0.15) is 0 Å². The van der Waals surface area contributed by atoms with Crippen LogP contribution in [0.4, 0.5) is 0 Å². The quantitative estimate of drug-likeness (QED) is 0.686. The predicted molar refractivity (Wildman–Crippen MR) is 74.7 cm³/mol. The van der Waals surface area contributed by atoms with Crippen LogP contribution >= 0.6 is 0 Å². The molecule has 0 radical (unpaired) electrons. The summed E-state index contributed by atoms with van der Waals surface area (Å²) in [4.78, 5) is 0. The average molecular weight is 250 g/mol. The van der Waals surface area contributed by atoms with Crippen LogP contribution in [-0.4, -0.2) is 16.4 Å². The largest absolute Gasteiger partial charge is 0.411 e. The molecule has 0 N–H and O–H groups in total. The lowest BCUT2D eigenvalue weighted by Crippen LogP contribution is -2.45. The van der Waals surface area contributed by atoms with Crippen LogP contribution in [0.1, 0.15) is 12.5 Å². The standard InChI is InChI=1S/C13H22OSi2/c1-13(12-9-7-6-8-10-12)14-16(4,5)11-15(13,2)3/h6-10H,11H2,1-5H3. The Kier molecular flexibility index (Phi) is 2.68. The second-order valence-electron chi connectivity index (χ2n) is 6.32. The van der Waals surface area contributed by atoms with Crippen molar-refractivity contribution in [2.75, 3.05) is 0 Å². The Morgan fingerprint density at radius 2 is 1.62 bits per heavy atom. The van der Waals surface area contributed by atoms with Crippen molar-refractivity contribution in [2.45, 2.75) is 44.0 Å². The molecule has 1 nitrogen and oxygen atoms in total. The van der Waals surface area contributed by atoms with Gasteiger partial charge < -0.3 is 4.43 Å².